The number of Topliss-reactive ketones (excluding diaryl/α,β-unsaturated/α-hetero) is 1. The van der Waals surface area contributed by atoms with E-state index in [1.165, 1.54) is 5.56 Å². The molecule has 0 N–H and O–H groups in total. The molecule has 1 rings (SSSR count). The average Bonchev–Trinajstić information content (AvgIpc) is 2.35. The zero-order valence-corrected chi connectivity index (χ0v) is 11.3. The Hall–Kier alpha value is -1.15. The van der Waals surface area contributed by atoms with Gasteiger partial charge < -0.3 is 0 Å². The molecule has 0 radical (unpaired) electrons. The molecule has 17 heavy (non-hydrogen) atoms. The van der Waals surface area contributed by atoms with E-state index < -0.39 is 0 Å². The number of ketones is 1. The first-order valence-corrected chi connectivity index (χ1v) is 6.30. The molecule has 0 saturated carbocycles. The summed E-state index contributed by atoms with van der Waals surface area (Å²) in [4.78, 5) is 14.3. The molecule has 1 aromatic rings. The molecule has 2 heteroatoms. The number of carbonyl (C=O) groups excluding carboxylic acids is 1. The highest BCUT2D eigenvalue weighted by molar-refractivity contribution is 5.86. The van der Waals surface area contributed by atoms with Crippen molar-refractivity contribution >= 4 is 5.78 Å². The lowest BCUT2D eigenvalue weighted by atomic mass is 9.92. The van der Waals surface area contributed by atoms with Gasteiger partial charge in [-0.3, -0.25) is 9.69 Å². The molecule has 0 aliphatic rings. The number of hydrogen-bond acceptors (Lipinski definition) is 2. The summed E-state index contributed by atoms with van der Waals surface area (Å²) in [7, 11) is 3.96. The van der Waals surface area contributed by atoms with Crippen LogP contribution in [0.3, 0.4) is 0 Å². The predicted octanol–water partition coefficient (Wildman–Crippen LogP) is 2.77. The zero-order chi connectivity index (χ0) is 12.8. The van der Waals surface area contributed by atoms with Crippen LogP contribution in [-0.2, 0) is 11.2 Å². The molecule has 2 atom stereocenters. The van der Waals surface area contributed by atoms with Crippen molar-refractivity contribution in [1.29, 1.82) is 0 Å². The number of likely N-dealkylation sites (N-methyl/N-ethyl adjacent to an activating group) is 1. The minimum Gasteiger partial charge on any atom is -0.299 e. The van der Waals surface area contributed by atoms with Crippen LogP contribution in [0.15, 0.2) is 30.3 Å². The molecule has 1 aromatic carbocycles. The largest absolute Gasteiger partial charge is 0.299 e. The fourth-order valence-corrected chi connectivity index (χ4v) is 1.90. The summed E-state index contributed by atoms with van der Waals surface area (Å²) in [5, 5.41) is 0. The van der Waals surface area contributed by atoms with Crippen LogP contribution in [0.25, 0.3) is 0 Å². The molecule has 0 spiro atoms. The second-order valence-corrected chi connectivity index (χ2v) is 4.88. The molecule has 0 fully saturated rings. The minimum absolute atomic E-state index is 0.00708. The van der Waals surface area contributed by atoms with Gasteiger partial charge in [-0.15, -0.1) is 0 Å². The lowest BCUT2D eigenvalue weighted by Gasteiger charge is -2.25. The van der Waals surface area contributed by atoms with Gasteiger partial charge in [-0.25, -0.2) is 0 Å². The summed E-state index contributed by atoms with van der Waals surface area (Å²) in [6.45, 7) is 4.08. The third kappa shape index (κ3) is 3.97. The van der Waals surface area contributed by atoms with Crippen LogP contribution < -0.4 is 0 Å². The van der Waals surface area contributed by atoms with E-state index in [2.05, 4.69) is 19.1 Å². The quantitative estimate of drug-likeness (QED) is 0.753. The van der Waals surface area contributed by atoms with Crippen molar-refractivity contribution in [2.45, 2.75) is 32.7 Å². The van der Waals surface area contributed by atoms with E-state index in [0.29, 0.717) is 5.78 Å². The molecule has 0 saturated heterocycles. The van der Waals surface area contributed by atoms with Gasteiger partial charge in [0.25, 0.3) is 0 Å². The first-order valence-electron chi connectivity index (χ1n) is 6.30. The molecule has 94 valence electrons. The van der Waals surface area contributed by atoms with Crippen molar-refractivity contribution in [2.24, 2.45) is 5.92 Å². The Labute approximate surface area is 105 Å². The van der Waals surface area contributed by atoms with E-state index >= 15 is 0 Å². The Morgan fingerprint density at radius 2 is 1.82 bits per heavy atom. The molecular weight excluding hydrogens is 210 g/mol. The second-order valence-electron chi connectivity index (χ2n) is 4.88. The van der Waals surface area contributed by atoms with Crippen LogP contribution in [0.5, 0.6) is 0 Å². The Bertz CT molecular complexity index is 345. The van der Waals surface area contributed by atoms with Gasteiger partial charge in [-0.2, -0.15) is 0 Å². The summed E-state index contributed by atoms with van der Waals surface area (Å²) in [5.74, 6) is 0.493. The topological polar surface area (TPSA) is 20.3 Å². The average molecular weight is 233 g/mol. The standard InChI is InChI=1S/C15H23NO/c1-5-12(2)15(17)14(16(3)4)11-13-9-7-6-8-10-13/h6-10,12,14H,5,11H2,1-4H3/t12?,14-/m1/s1. The normalized spacial score (nSPS) is 14.6. The molecule has 0 aliphatic heterocycles. The van der Waals surface area contributed by atoms with E-state index in [-0.39, 0.29) is 12.0 Å². The van der Waals surface area contributed by atoms with Crippen molar-refractivity contribution < 1.29 is 4.79 Å². The van der Waals surface area contributed by atoms with Gasteiger partial charge in [-0.05, 0) is 32.5 Å². The van der Waals surface area contributed by atoms with Crippen molar-refractivity contribution in [3.05, 3.63) is 35.9 Å². The van der Waals surface area contributed by atoms with Gasteiger partial charge in [-0.1, -0.05) is 44.2 Å². The van der Waals surface area contributed by atoms with Gasteiger partial charge in [0.1, 0.15) is 0 Å². The maximum absolute atomic E-state index is 12.3. The van der Waals surface area contributed by atoms with Crippen molar-refractivity contribution in [1.82, 2.24) is 4.90 Å². The van der Waals surface area contributed by atoms with E-state index in [4.69, 9.17) is 0 Å². The van der Waals surface area contributed by atoms with Crippen LogP contribution in [0.1, 0.15) is 25.8 Å². The Morgan fingerprint density at radius 3 is 2.29 bits per heavy atom. The lowest BCUT2D eigenvalue weighted by molar-refractivity contribution is -0.126. The Balaban J connectivity index is 2.77. The smallest absolute Gasteiger partial charge is 0.153 e. The Kier molecular flexibility index (Phi) is 5.36. The van der Waals surface area contributed by atoms with Crippen molar-refractivity contribution in [3.8, 4) is 0 Å². The maximum Gasteiger partial charge on any atom is 0.153 e. The van der Waals surface area contributed by atoms with Crippen molar-refractivity contribution in [2.75, 3.05) is 14.1 Å². The molecule has 0 bridgehead atoms. The molecule has 0 heterocycles. The number of hydrogen-bond donors (Lipinski definition) is 0. The summed E-state index contributed by atoms with van der Waals surface area (Å²) in [6, 6.07) is 10.2. The maximum atomic E-state index is 12.3. The number of rotatable bonds is 6. The van der Waals surface area contributed by atoms with Gasteiger partial charge in [0.2, 0.25) is 0 Å². The zero-order valence-electron chi connectivity index (χ0n) is 11.3. The molecule has 0 aromatic heterocycles. The summed E-state index contributed by atoms with van der Waals surface area (Å²) in [5.41, 5.74) is 1.22. The number of benzene rings is 1. The monoisotopic (exact) mass is 233 g/mol. The van der Waals surface area contributed by atoms with Gasteiger partial charge in [0, 0.05) is 5.92 Å². The van der Waals surface area contributed by atoms with E-state index in [1.807, 2.05) is 44.1 Å². The van der Waals surface area contributed by atoms with Crippen molar-refractivity contribution in [3.63, 3.8) is 0 Å². The summed E-state index contributed by atoms with van der Waals surface area (Å²) >= 11 is 0. The van der Waals surface area contributed by atoms with E-state index in [1.54, 1.807) is 0 Å². The van der Waals surface area contributed by atoms with Gasteiger partial charge in [0.15, 0.2) is 5.78 Å². The lowest BCUT2D eigenvalue weighted by Crippen LogP contribution is -2.40. The third-order valence-corrected chi connectivity index (χ3v) is 3.32. The predicted molar refractivity (Wildman–Crippen MR) is 72.1 cm³/mol. The van der Waals surface area contributed by atoms with Crippen LogP contribution in [0.4, 0.5) is 0 Å². The van der Waals surface area contributed by atoms with Crippen LogP contribution in [0.2, 0.25) is 0 Å². The molecule has 1 unspecified atom stereocenters. The fourth-order valence-electron chi connectivity index (χ4n) is 1.90. The van der Waals surface area contributed by atoms with Crippen LogP contribution >= 0.6 is 0 Å². The first-order chi connectivity index (χ1) is 8.06. The van der Waals surface area contributed by atoms with E-state index in [9.17, 15) is 4.79 Å². The Morgan fingerprint density at radius 1 is 1.24 bits per heavy atom. The highest BCUT2D eigenvalue weighted by atomic mass is 16.1. The highest BCUT2D eigenvalue weighted by Gasteiger charge is 2.24. The first kappa shape index (κ1) is 13.9. The second kappa shape index (κ2) is 6.55. The SMILES string of the molecule is CCC(C)C(=O)[C@@H](Cc1ccccc1)N(C)C. The minimum atomic E-state index is -0.00708. The molecule has 0 aliphatic carbocycles. The summed E-state index contributed by atoms with van der Waals surface area (Å²) < 4.78 is 0. The van der Waals surface area contributed by atoms with E-state index in [0.717, 1.165) is 12.8 Å². The highest BCUT2D eigenvalue weighted by Crippen LogP contribution is 2.13. The molecular formula is C15H23NO. The van der Waals surface area contributed by atoms with Gasteiger partial charge in [0.05, 0.1) is 6.04 Å². The molecule has 0 amide bonds. The third-order valence-electron chi connectivity index (χ3n) is 3.32. The number of carbonyl (C=O) groups is 1. The molecule has 2 nitrogen and oxygen atoms in total. The van der Waals surface area contributed by atoms with Gasteiger partial charge >= 0.3 is 0 Å². The van der Waals surface area contributed by atoms with Crippen LogP contribution in [0, 0.1) is 5.92 Å². The number of nitrogens with zero attached hydrogens (tertiary/aromatic N) is 1. The summed E-state index contributed by atoms with van der Waals surface area (Å²) in [6.07, 6.45) is 1.72. The fraction of sp³-hybridized carbons (Fsp3) is 0.533. The van der Waals surface area contributed by atoms with Crippen LogP contribution in [-0.4, -0.2) is 30.8 Å².